The molecule has 0 unspecified atom stereocenters. The zero-order chi connectivity index (χ0) is 16.5. The lowest BCUT2D eigenvalue weighted by molar-refractivity contribution is -0.384. The lowest BCUT2D eigenvalue weighted by Gasteiger charge is -2.19. The number of anilines is 1. The zero-order valence-electron chi connectivity index (χ0n) is 11.6. The van der Waals surface area contributed by atoms with Gasteiger partial charge in [0, 0.05) is 19.2 Å². The Morgan fingerprint density at radius 2 is 1.73 bits per heavy atom. The van der Waals surface area contributed by atoms with Gasteiger partial charge in [0.25, 0.3) is 5.69 Å². The largest absolute Gasteiger partial charge is 0.416 e. The van der Waals surface area contributed by atoms with Gasteiger partial charge in [-0.15, -0.1) is 0 Å². The first-order chi connectivity index (χ1) is 10.3. The number of halogens is 3. The van der Waals surface area contributed by atoms with E-state index in [9.17, 15) is 23.3 Å². The molecule has 1 heterocycles. The Labute approximate surface area is 125 Å². The predicted octanol–water partition coefficient (Wildman–Crippen LogP) is 4.10. The van der Waals surface area contributed by atoms with E-state index in [2.05, 4.69) is 13.2 Å². The monoisotopic (exact) mass is 310 g/mol. The van der Waals surface area contributed by atoms with Crippen LogP contribution in [0.15, 0.2) is 54.7 Å². The molecule has 1 aliphatic rings. The number of nitro groups is 1. The maximum absolute atomic E-state index is 12.7. The first-order valence-electron chi connectivity index (χ1n) is 6.35. The Balaban J connectivity index is 2.43. The maximum Gasteiger partial charge on any atom is 0.416 e. The molecule has 22 heavy (non-hydrogen) atoms. The van der Waals surface area contributed by atoms with Gasteiger partial charge < -0.3 is 4.90 Å². The number of benzene rings is 1. The van der Waals surface area contributed by atoms with Crippen molar-refractivity contribution in [2.24, 2.45) is 0 Å². The lowest BCUT2D eigenvalue weighted by atomic mass is 10.1. The standard InChI is InChI=1S/C15H13F3N2O2/c1-3-10-8-19(9-11(10)4-2)13-6-5-12(15(16,17)18)7-14(13)20(21)22/h3-7H,1-2,8-9H2. The second-order valence-corrected chi connectivity index (χ2v) is 4.77. The number of hydrogen-bond acceptors (Lipinski definition) is 3. The van der Waals surface area contributed by atoms with Crippen LogP contribution in [0.1, 0.15) is 5.56 Å². The van der Waals surface area contributed by atoms with Crippen molar-refractivity contribution in [2.45, 2.75) is 6.18 Å². The number of rotatable bonds is 4. The van der Waals surface area contributed by atoms with Crippen LogP contribution in [0.3, 0.4) is 0 Å². The van der Waals surface area contributed by atoms with Gasteiger partial charge in [-0.2, -0.15) is 13.2 Å². The average molecular weight is 310 g/mol. The molecule has 0 saturated heterocycles. The summed E-state index contributed by atoms with van der Waals surface area (Å²) in [6.45, 7) is 8.00. The van der Waals surface area contributed by atoms with Gasteiger partial charge in [0.2, 0.25) is 0 Å². The molecular weight excluding hydrogens is 297 g/mol. The highest BCUT2D eigenvalue weighted by atomic mass is 19.4. The summed E-state index contributed by atoms with van der Waals surface area (Å²) in [4.78, 5) is 11.9. The third-order valence-electron chi connectivity index (χ3n) is 3.47. The van der Waals surface area contributed by atoms with E-state index in [1.54, 1.807) is 17.1 Å². The average Bonchev–Trinajstić information content (AvgIpc) is 2.88. The number of nitrogens with zero attached hydrogens (tertiary/aromatic N) is 2. The summed E-state index contributed by atoms with van der Waals surface area (Å²) in [6.07, 6.45) is -1.38. The number of hydrogen-bond donors (Lipinski definition) is 0. The van der Waals surface area contributed by atoms with Crippen molar-refractivity contribution >= 4 is 11.4 Å². The summed E-state index contributed by atoms with van der Waals surface area (Å²) in [7, 11) is 0. The molecular formula is C15H13F3N2O2. The van der Waals surface area contributed by atoms with Crippen LogP contribution in [0.4, 0.5) is 24.5 Å². The van der Waals surface area contributed by atoms with Gasteiger partial charge in [0.15, 0.2) is 0 Å². The van der Waals surface area contributed by atoms with Gasteiger partial charge >= 0.3 is 6.18 Å². The van der Waals surface area contributed by atoms with Gasteiger partial charge in [-0.3, -0.25) is 10.1 Å². The summed E-state index contributed by atoms with van der Waals surface area (Å²) in [5.74, 6) is 0. The zero-order valence-corrected chi connectivity index (χ0v) is 11.6. The molecule has 1 aromatic rings. The van der Waals surface area contributed by atoms with E-state index in [1.165, 1.54) is 0 Å². The van der Waals surface area contributed by atoms with E-state index < -0.39 is 22.4 Å². The Morgan fingerprint density at radius 1 is 1.18 bits per heavy atom. The number of nitro benzene ring substituents is 1. The molecule has 116 valence electrons. The fraction of sp³-hybridized carbons (Fsp3) is 0.200. The van der Waals surface area contributed by atoms with Crippen LogP contribution in [-0.2, 0) is 6.18 Å². The molecule has 2 rings (SSSR count). The fourth-order valence-corrected chi connectivity index (χ4v) is 2.35. The van der Waals surface area contributed by atoms with Crippen molar-refractivity contribution in [1.29, 1.82) is 0 Å². The summed E-state index contributed by atoms with van der Waals surface area (Å²) in [5.41, 5.74) is 0.245. The molecule has 0 N–H and O–H groups in total. The Bertz CT molecular complexity index is 658. The van der Waals surface area contributed by atoms with E-state index in [0.717, 1.165) is 23.3 Å². The molecule has 0 aliphatic carbocycles. The van der Waals surface area contributed by atoms with E-state index in [-0.39, 0.29) is 5.69 Å². The molecule has 0 atom stereocenters. The van der Waals surface area contributed by atoms with Crippen molar-refractivity contribution in [3.05, 3.63) is 70.3 Å². The minimum atomic E-state index is -4.62. The van der Waals surface area contributed by atoms with Gasteiger partial charge in [-0.05, 0) is 23.3 Å². The smallest absolute Gasteiger partial charge is 0.357 e. The molecule has 0 fully saturated rings. The van der Waals surface area contributed by atoms with Gasteiger partial charge in [-0.1, -0.05) is 25.3 Å². The van der Waals surface area contributed by atoms with Crippen LogP contribution in [0.25, 0.3) is 0 Å². The van der Waals surface area contributed by atoms with Crippen LogP contribution in [-0.4, -0.2) is 18.0 Å². The minimum Gasteiger partial charge on any atom is -0.357 e. The molecule has 0 amide bonds. The molecule has 0 bridgehead atoms. The highest BCUT2D eigenvalue weighted by Crippen LogP contribution is 2.38. The minimum absolute atomic E-state index is 0.147. The van der Waals surface area contributed by atoms with Crippen LogP contribution in [0.5, 0.6) is 0 Å². The predicted molar refractivity (Wildman–Crippen MR) is 77.7 cm³/mol. The molecule has 7 heteroatoms. The maximum atomic E-state index is 12.7. The van der Waals surface area contributed by atoms with Crippen molar-refractivity contribution in [1.82, 2.24) is 0 Å². The van der Waals surface area contributed by atoms with Gasteiger partial charge in [0.1, 0.15) is 5.69 Å². The summed E-state index contributed by atoms with van der Waals surface area (Å²) in [5, 5.41) is 11.1. The number of alkyl halides is 3. The second-order valence-electron chi connectivity index (χ2n) is 4.77. The first kappa shape index (κ1) is 15.8. The van der Waals surface area contributed by atoms with Crippen molar-refractivity contribution < 1.29 is 18.1 Å². The normalized spacial score (nSPS) is 15.1. The lowest BCUT2D eigenvalue weighted by Crippen LogP contribution is -2.22. The molecule has 1 aromatic carbocycles. The molecule has 0 spiro atoms. The van der Waals surface area contributed by atoms with Crippen molar-refractivity contribution in [2.75, 3.05) is 18.0 Å². The van der Waals surface area contributed by atoms with E-state index in [0.29, 0.717) is 19.2 Å². The summed E-state index contributed by atoms with van der Waals surface area (Å²) >= 11 is 0. The third kappa shape index (κ3) is 2.88. The second kappa shape index (κ2) is 5.67. The van der Waals surface area contributed by atoms with Crippen LogP contribution in [0, 0.1) is 10.1 Å². The van der Waals surface area contributed by atoms with E-state index in [4.69, 9.17) is 0 Å². The third-order valence-corrected chi connectivity index (χ3v) is 3.47. The van der Waals surface area contributed by atoms with Crippen LogP contribution >= 0.6 is 0 Å². The quantitative estimate of drug-likeness (QED) is 0.621. The Hall–Kier alpha value is -2.57. The SMILES string of the molecule is C=CC1=C(C=C)CN(c2ccc(C(F)(F)F)cc2[N+](=O)[O-])C1. The molecule has 0 saturated carbocycles. The highest BCUT2D eigenvalue weighted by molar-refractivity contribution is 5.68. The Kier molecular flexibility index (Phi) is 4.07. The summed E-state index contributed by atoms with van der Waals surface area (Å²) in [6, 6.07) is 2.55. The van der Waals surface area contributed by atoms with Crippen LogP contribution < -0.4 is 4.90 Å². The van der Waals surface area contributed by atoms with E-state index >= 15 is 0 Å². The Morgan fingerprint density at radius 3 is 2.14 bits per heavy atom. The summed E-state index contributed by atoms with van der Waals surface area (Å²) < 4.78 is 38.1. The first-order valence-corrected chi connectivity index (χ1v) is 6.35. The van der Waals surface area contributed by atoms with Gasteiger partial charge in [-0.25, -0.2) is 0 Å². The molecule has 4 nitrogen and oxygen atoms in total. The van der Waals surface area contributed by atoms with E-state index in [1.807, 2.05) is 0 Å². The van der Waals surface area contributed by atoms with Crippen molar-refractivity contribution in [3.8, 4) is 0 Å². The van der Waals surface area contributed by atoms with Gasteiger partial charge in [0.05, 0.1) is 10.5 Å². The highest BCUT2D eigenvalue weighted by Gasteiger charge is 2.34. The molecule has 1 aliphatic heterocycles. The fourth-order valence-electron chi connectivity index (χ4n) is 2.35. The molecule has 0 radical (unpaired) electrons. The topological polar surface area (TPSA) is 46.4 Å². The van der Waals surface area contributed by atoms with Crippen molar-refractivity contribution in [3.63, 3.8) is 0 Å². The molecule has 0 aromatic heterocycles. The van der Waals surface area contributed by atoms with Crippen LogP contribution in [0.2, 0.25) is 0 Å².